The van der Waals surface area contributed by atoms with Gasteiger partial charge in [0.25, 0.3) is 0 Å². The highest BCUT2D eigenvalue weighted by atomic mass is 19.4. The molecule has 0 aliphatic rings. The maximum Gasteiger partial charge on any atom is 0.413 e. The molecule has 0 aromatic heterocycles. The second-order valence-corrected chi connectivity index (χ2v) is 2.92. The van der Waals surface area contributed by atoms with Crippen molar-refractivity contribution in [3.05, 3.63) is 0 Å². The fourth-order valence-corrected chi connectivity index (χ4v) is 0.772. The molecule has 0 fully saturated rings. The number of hydrogen-bond donors (Lipinski definition) is 2. The van der Waals surface area contributed by atoms with Crippen LogP contribution >= 0.6 is 0 Å². The van der Waals surface area contributed by atoms with Gasteiger partial charge in [0.2, 0.25) is 0 Å². The van der Waals surface area contributed by atoms with E-state index >= 15 is 0 Å². The normalized spacial score (nSPS) is 13.6. The largest absolute Gasteiger partial charge is 0.466 e. The molecule has 0 heterocycles. The van der Waals surface area contributed by atoms with Crippen molar-refractivity contribution in [2.45, 2.75) is 25.6 Å². The number of carbonyl (C=O) groups excluding carboxylic acids is 1. The van der Waals surface area contributed by atoms with E-state index in [4.69, 9.17) is 5.11 Å². The lowest BCUT2D eigenvalue weighted by Gasteiger charge is -2.12. The minimum atomic E-state index is -4.43. The quantitative estimate of drug-likeness (QED) is 0.385. The molecular formula is C8H14F3NO4. The molecule has 0 spiro atoms. The molecule has 0 bridgehead atoms. The van der Waals surface area contributed by atoms with E-state index in [0.29, 0.717) is 0 Å². The summed E-state index contributed by atoms with van der Waals surface area (Å²) >= 11 is 0. The first kappa shape index (κ1) is 15.1. The zero-order valence-electron chi connectivity index (χ0n) is 8.71. The summed E-state index contributed by atoms with van der Waals surface area (Å²) in [6.07, 6.45) is -5.87. The van der Waals surface area contributed by atoms with Crippen LogP contribution in [0.4, 0.5) is 13.2 Å². The topological polar surface area (TPSA) is 67.8 Å². The van der Waals surface area contributed by atoms with Crippen molar-refractivity contribution in [3.63, 3.8) is 0 Å². The number of esters is 1. The summed E-state index contributed by atoms with van der Waals surface area (Å²) in [6, 6.07) is 0. The van der Waals surface area contributed by atoms with E-state index in [1.807, 2.05) is 5.48 Å². The SMILES string of the molecule is CCOC(=O)CC(O)CNOCC(F)(F)F. The number of aliphatic hydroxyl groups excluding tert-OH is 1. The van der Waals surface area contributed by atoms with Crippen LogP contribution in [0, 0.1) is 0 Å². The molecule has 2 N–H and O–H groups in total. The lowest BCUT2D eigenvalue weighted by atomic mass is 10.2. The molecule has 0 aliphatic heterocycles. The second kappa shape index (κ2) is 7.42. The number of nitrogens with one attached hydrogen (secondary N) is 1. The van der Waals surface area contributed by atoms with Gasteiger partial charge >= 0.3 is 12.1 Å². The number of aliphatic hydroxyl groups is 1. The molecule has 5 nitrogen and oxygen atoms in total. The molecule has 0 saturated heterocycles. The summed E-state index contributed by atoms with van der Waals surface area (Å²) in [5, 5.41) is 9.15. The monoisotopic (exact) mass is 245 g/mol. The van der Waals surface area contributed by atoms with Crippen molar-refractivity contribution in [2.24, 2.45) is 0 Å². The predicted octanol–water partition coefficient (Wildman–Crippen LogP) is 0.384. The van der Waals surface area contributed by atoms with Crippen LogP contribution in [-0.2, 0) is 14.4 Å². The summed E-state index contributed by atoms with van der Waals surface area (Å²) < 4.78 is 39.3. The Kier molecular flexibility index (Phi) is 7.02. The van der Waals surface area contributed by atoms with Gasteiger partial charge in [0.1, 0.15) is 0 Å². The number of halogens is 3. The van der Waals surface area contributed by atoms with E-state index in [0.717, 1.165) is 0 Å². The highest BCUT2D eigenvalue weighted by Gasteiger charge is 2.27. The van der Waals surface area contributed by atoms with E-state index < -0.39 is 24.9 Å². The third kappa shape index (κ3) is 9.69. The van der Waals surface area contributed by atoms with E-state index in [9.17, 15) is 18.0 Å². The number of alkyl halides is 3. The molecule has 8 heteroatoms. The van der Waals surface area contributed by atoms with Gasteiger partial charge < -0.3 is 9.84 Å². The van der Waals surface area contributed by atoms with E-state index in [1.165, 1.54) is 0 Å². The van der Waals surface area contributed by atoms with Gasteiger partial charge in [-0.25, -0.2) is 0 Å². The molecule has 0 aromatic rings. The minimum absolute atomic E-state index is 0.184. The third-order valence-electron chi connectivity index (χ3n) is 1.36. The predicted molar refractivity (Wildman–Crippen MR) is 47.3 cm³/mol. The van der Waals surface area contributed by atoms with E-state index in [-0.39, 0.29) is 19.6 Å². The maximum atomic E-state index is 11.6. The average Bonchev–Trinajstić information content (AvgIpc) is 2.11. The molecule has 0 amide bonds. The molecule has 0 aliphatic carbocycles. The molecule has 0 saturated carbocycles. The summed E-state index contributed by atoms with van der Waals surface area (Å²) in [6.45, 7) is 0.0482. The molecule has 0 radical (unpaired) electrons. The van der Waals surface area contributed by atoms with Gasteiger partial charge in [0, 0.05) is 6.54 Å². The van der Waals surface area contributed by atoms with Crippen molar-refractivity contribution < 1.29 is 32.6 Å². The Morgan fingerprint density at radius 1 is 1.50 bits per heavy atom. The van der Waals surface area contributed by atoms with Crippen LogP contribution in [-0.4, -0.2) is 43.1 Å². The second-order valence-electron chi connectivity index (χ2n) is 2.92. The summed E-state index contributed by atoms with van der Waals surface area (Å²) in [7, 11) is 0. The van der Waals surface area contributed by atoms with Crippen LogP contribution in [0.2, 0.25) is 0 Å². The molecule has 1 atom stereocenters. The van der Waals surface area contributed by atoms with Crippen molar-refractivity contribution in [2.75, 3.05) is 19.8 Å². The Hall–Kier alpha value is -0.860. The molecule has 1 unspecified atom stereocenters. The Labute approximate surface area is 90.5 Å². The number of rotatable bonds is 7. The summed E-state index contributed by atoms with van der Waals surface area (Å²) in [4.78, 5) is 14.8. The Bertz CT molecular complexity index is 210. The molecule has 96 valence electrons. The van der Waals surface area contributed by atoms with Crippen LogP contribution in [0.1, 0.15) is 13.3 Å². The van der Waals surface area contributed by atoms with Gasteiger partial charge in [0.05, 0.1) is 19.1 Å². The number of ether oxygens (including phenoxy) is 1. The van der Waals surface area contributed by atoms with Crippen molar-refractivity contribution in [1.29, 1.82) is 0 Å². The summed E-state index contributed by atoms with van der Waals surface area (Å²) in [5.41, 5.74) is 1.91. The molecule has 0 rings (SSSR count). The van der Waals surface area contributed by atoms with Gasteiger partial charge in [-0.15, -0.1) is 0 Å². The highest BCUT2D eigenvalue weighted by Crippen LogP contribution is 2.13. The zero-order chi connectivity index (χ0) is 12.6. The van der Waals surface area contributed by atoms with Crippen LogP contribution < -0.4 is 5.48 Å². The Morgan fingerprint density at radius 2 is 2.12 bits per heavy atom. The average molecular weight is 245 g/mol. The Morgan fingerprint density at radius 3 is 2.62 bits per heavy atom. The van der Waals surface area contributed by atoms with E-state index in [1.54, 1.807) is 6.92 Å². The van der Waals surface area contributed by atoms with Gasteiger partial charge in [-0.3, -0.25) is 9.63 Å². The lowest BCUT2D eigenvalue weighted by molar-refractivity contribution is -0.191. The fraction of sp³-hybridized carbons (Fsp3) is 0.875. The smallest absolute Gasteiger partial charge is 0.413 e. The standard InChI is InChI=1S/C8H14F3NO4/c1-2-15-7(14)3-6(13)4-12-16-5-8(9,10)11/h6,12-13H,2-5H2,1H3. The van der Waals surface area contributed by atoms with Gasteiger partial charge in [-0.05, 0) is 6.92 Å². The molecular weight excluding hydrogens is 231 g/mol. The number of carbonyl (C=O) groups is 1. The van der Waals surface area contributed by atoms with Crippen molar-refractivity contribution >= 4 is 5.97 Å². The van der Waals surface area contributed by atoms with E-state index in [2.05, 4.69) is 9.57 Å². The first-order valence-electron chi connectivity index (χ1n) is 4.60. The van der Waals surface area contributed by atoms with Crippen LogP contribution in [0.15, 0.2) is 0 Å². The van der Waals surface area contributed by atoms with Gasteiger partial charge in [-0.1, -0.05) is 0 Å². The van der Waals surface area contributed by atoms with Crippen LogP contribution in [0.25, 0.3) is 0 Å². The molecule has 0 aromatic carbocycles. The van der Waals surface area contributed by atoms with Gasteiger partial charge in [0.15, 0.2) is 6.61 Å². The van der Waals surface area contributed by atoms with Crippen molar-refractivity contribution in [3.8, 4) is 0 Å². The Balaban J connectivity index is 3.51. The highest BCUT2D eigenvalue weighted by molar-refractivity contribution is 5.69. The minimum Gasteiger partial charge on any atom is -0.466 e. The van der Waals surface area contributed by atoms with Gasteiger partial charge in [-0.2, -0.15) is 18.7 Å². The van der Waals surface area contributed by atoms with Crippen LogP contribution in [0.5, 0.6) is 0 Å². The lowest BCUT2D eigenvalue weighted by Crippen LogP contribution is -2.32. The fourth-order valence-electron chi connectivity index (χ4n) is 0.772. The summed E-state index contributed by atoms with van der Waals surface area (Å²) in [5.74, 6) is -0.618. The molecule has 16 heavy (non-hydrogen) atoms. The third-order valence-corrected chi connectivity index (χ3v) is 1.36. The first-order valence-corrected chi connectivity index (χ1v) is 4.60. The maximum absolute atomic E-state index is 11.6. The van der Waals surface area contributed by atoms with Crippen LogP contribution in [0.3, 0.4) is 0 Å². The number of hydrogen-bond acceptors (Lipinski definition) is 5. The number of hydroxylamine groups is 1. The zero-order valence-corrected chi connectivity index (χ0v) is 8.71. The first-order chi connectivity index (χ1) is 7.35. The van der Waals surface area contributed by atoms with Crippen molar-refractivity contribution in [1.82, 2.24) is 5.48 Å².